The fourth-order valence-corrected chi connectivity index (χ4v) is 4.49. The lowest BCUT2D eigenvalue weighted by molar-refractivity contribution is -0.132. The highest BCUT2D eigenvalue weighted by molar-refractivity contribution is 5.93. The number of pyridine rings is 1. The van der Waals surface area contributed by atoms with Gasteiger partial charge in [0.25, 0.3) is 5.91 Å². The zero-order valence-electron chi connectivity index (χ0n) is 19.0. The monoisotopic (exact) mass is 432 g/mol. The van der Waals surface area contributed by atoms with Crippen LogP contribution in [0.25, 0.3) is 10.9 Å². The normalized spacial score (nSPS) is 19.3. The van der Waals surface area contributed by atoms with E-state index < -0.39 is 6.10 Å². The Bertz CT molecular complexity index is 1050. The molecule has 0 saturated heterocycles. The summed E-state index contributed by atoms with van der Waals surface area (Å²) in [7, 11) is 5.70. The lowest BCUT2D eigenvalue weighted by atomic mass is 9.91. The molecule has 0 spiro atoms. The van der Waals surface area contributed by atoms with Gasteiger partial charge in [0.2, 0.25) is 0 Å². The van der Waals surface area contributed by atoms with Crippen LogP contribution < -0.4 is 15.5 Å². The Hall–Kier alpha value is -3.12. The molecule has 4 rings (SSSR count). The van der Waals surface area contributed by atoms with Crippen LogP contribution in [0.1, 0.15) is 37.4 Å². The summed E-state index contributed by atoms with van der Waals surface area (Å²) >= 11 is 0. The van der Waals surface area contributed by atoms with E-state index in [1.807, 2.05) is 42.5 Å². The molecule has 2 N–H and O–H groups in total. The predicted octanol–water partition coefficient (Wildman–Crippen LogP) is 4.53. The molecule has 3 aromatic rings. The lowest BCUT2D eigenvalue weighted by Gasteiger charge is -2.31. The molecular weight excluding hydrogens is 400 g/mol. The fourth-order valence-electron chi connectivity index (χ4n) is 4.49. The average molecular weight is 433 g/mol. The minimum absolute atomic E-state index is 0.0677. The Labute approximate surface area is 190 Å². The predicted molar refractivity (Wildman–Crippen MR) is 130 cm³/mol. The Morgan fingerprint density at radius 3 is 2.34 bits per heavy atom. The first-order valence-electron chi connectivity index (χ1n) is 11.3. The number of para-hydroxylation sites is 1. The van der Waals surface area contributed by atoms with Gasteiger partial charge in [0, 0.05) is 50.4 Å². The van der Waals surface area contributed by atoms with Gasteiger partial charge in [-0.15, -0.1) is 0 Å². The van der Waals surface area contributed by atoms with Crippen molar-refractivity contribution in [3.05, 3.63) is 66.2 Å². The van der Waals surface area contributed by atoms with E-state index >= 15 is 0 Å². The van der Waals surface area contributed by atoms with Gasteiger partial charge >= 0.3 is 0 Å². The van der Waals surface area contributed by atoms with Crippen LogP contribution in [0.15, 0.2) is 60.7 Å². The molecular formula is C26H32N4O2. The number of methoxy groups -OCH3 is 1. The zero-order chi connectivity index (χ0) is 22.5. The summed E-state index contributed by atoms with van der Waals surface area (Å²) < 4.78 is 5.47. The number of carbonyl (C=O) groups is 1. The average Bonchev–Trinajstić information content (AvgIpc) is 2.81. The second-order valence-electron chi connectivity index (χ2n) is 8.67. The third-order valence-corrected chi connectivity index (χ3v) is 6.18. The maximum absolute atomic E-state index is 12.8. The summed E-state index contributed by atoms with van der Waals surface area (Å²) in [6.45, 7) is 0. The Morgan fingerprint density at radius 1 is 1.00 bits per heavy atom. The van der Waals surface area contributed by atoms with E-state index in [0.717, 1.165) is 53.7 Å². The molecule has 1 fully saturated rings. The molecule has 6 nitrogen and oxygen atoms in total. The first-order chi connectivity index (χ1) is 15.5. The van der Waals surface area contributed by atoms with Crippen molar-refractivity contribution in [1.29, 1.82) is 0 Å². The van der Waals surface area contributed by atoms with Gasteiger partial charge < -0.3 is 20.3 Å². The van der Waals surface area contributed by atoms with E-state index in [9.17, 15) is 4.79 Å². The van der Waals surface area contributed by atoms with Crippen LogP contribution in [0.5, 0.6) is 0 Å². The molecule has 0 bridgehead atoms. The van der Waals surface area contributed by atoms with Crippen molar-refractivity contribution >= 4 is 28.3 Å². The van der Waals surface area contributed by atoms with Crippen LogP contribution in [0, 0.1) is 0 Å². The summed E-state index contributed by atoms with van der Waals surface area (Å²) in [5.41, 5.74) is 3.03. The zero-order valence-corrected chi connectivity index (χ0v) is 19.0. The molecule has 1 atom stereocenters. The molecule has 0 radical (unpaired) electrons. The Morgan fingerprint density at radius 2 is 1.66 bits per heavy atom. The quantitative estimate of drug-likeness (QED) is 0.574. The number of amides is 1. The number of anilines is 2. The Balaban J connectivity index is 1.36. The smallest absolute Gasteiger partial charge is 0.253 e. The third kappa shape index (κ3) is 5.02. The molecule has 1 heterocycles. The number of carbonyl (C=O) groups excluding carboxylic acids is 1. The van der Waals surface area contributed by atoms with E-state index in [2.05, 4.69) is 47.8 Å². The SMILES string of the molecule is COC(C(=O)N[C@H]1CC[C@@H](Nc2cc(N(C)C)c3ccccc3n2)CC1)c1ccccc1. The number of benzene rings is 2. The summed E-state index contributed by atoms with van der Waals surface area (Å²) in [6.07, 6.45) is 3.27. The van der Waals surface area contributed by atoms with E-state index in [0.29, 0.717) is 6.04 Å². The number of hydrogen-bond acceptors (Lipinski definition) is 5. The minimum Gasteiger partial charge on any atom is -0.377 e. The van der Waals surface area contributed by atoms with Gasteiger partial charge in [0.1, 0.15) is 5.82 Å². The van der Waals surface area contributed by atoms with Crippen LogP contribution in [0.4, 0.5) is 11.5 Å². The highest BCUT2D eigenvalue weighted by Gasteiger charge is 2.26. The number of fused-ring (bicyclic) bond motifs is 1. The van der Waals surface area contributed by atoms with Gasteiger partial charge in [-0.1, -0.05) is 48.5 Å². The molecule has 1 aliphatic rings. The molecule has 1 aliphatic carbocycles. The highest BCUT2D eigenvalue weighted by Crippen LogP contribution is 2.29. The van der Waals surface area contributed by atoms with Gasteiger partial charge in [0.15, 0.2) is 6.10 Å². The maximum Gasteiger partial charge on any atom is 0.253 e. The largest absolute Gasteiger partial charge is 0.377 e. The topological polar surface area (TPSA) is 66.5 Å². The van der Waals surface area contributed by atoms with Crippen LogP contribution in [0.2, 0.25) is 0 Å². The fraction of sp³-hybridized carbons (Fsp3) is 0.385. The lowest BCUT2D eigenvalue weighted by Crippen LogP contribution is -2.42. The maximum atomic E-state index is 12.8. The molecule has 1 unspecified atom stereocenters. The first kappa shape index (κ1) is 22.1. The van der Waals surface area contributed by atoms with Gasteiger partial charge in [-0.3, -0.25) is 4.79 Å². The van der Waals surface area contributed by atoms with Crippen molar-refractivity contribution in [3.63, 3.8) is 0 Å². The van der Waals surface area contributed by atoms with Crippen molar-refractivity contribution in [2.45, 2.75) is 43.9 Å². The molecule has 1 saturated carbocycles. The van der Waals surface area contributed by atoms with Crippen LogP contribution in [-0.4, -0.2) is 44.2 Å². The standard InChI is InChI=1S/C26H32N4O2/c1-30(2)23-17-24(29-22-12-8-7-11-21(22)23)27-19-13-15-20(16-14-19)28-26(31)25(32-3)18-9-5-4-6-10-18/h4-12,17,19-20,25H,13-16H2,1-3H3,(H,27,29)(H,28,31)/t19-,20+,25?. The van der Waals surface area contributed by atoms with Crippen LogP contribution >= 0.6 is 0 Å². The highest BCUT2D eigenvalue weighted by atomic mass is 16.5. The number of nitrogens with one attached hydrogen (secondary N) is 2. The van der Waals surface area contributed by atoms with E-state index in [1.54, 1.807) is 7.11 Å². The second kappa shape index (κ2) is 10.0. The molecule has 6 heteroatoms. The number of hydrogen-bond donors (Lipinski definition) is 2. The van der Waals surface area contributed by atoms with Crippen molar-refractivity contribution in [2.24, 2.45) is 0 Å². The summed E-state index contributed by atoms with van der Waals surface area (Å²) in [6, 6.07) is 20.5. The van der Waals surface area contributed by atoms with Gasteiger partial charge in [-0.2, -0.15) is 0 Å². The van der Waals surface area contributed by atoms with Gasteiger partial charge in [-0.25, -0.2) is 4.98 Å². The van der Waals surface area contributed by atoms with Gasteiger partial charge in [0.05, 0.1) is 5.52 Å². The minimum atomic E-state index is -0.571. The third-order valence-electron chi connectivity index (χ3n) is 6.18. The van der Waals surface area contributed by atoms with Crippen LogP contribution in [-0.2, 0) is 9.53 Å². The van der Waals surface area contributed by atoms with E-state index in [1.165, 1.54) is 0 Å². The van der Waals surface area contributed by atoms with Crippen molar-refractivity contribution in [3.8, 4) is 0 Å². The molecule has 1 aromatic heterocycles. The van der Waals surface area contributed by atoms with E-state index in [4.69, 9.17) is 9.72 Å². The Kier molecular flexibility index (Phi) is 6.90. The van der Waals surface area contributed by atoms with Crippen molar-refractivity contribution < 1.29 is 9.53 Å². The molecule has 32 heavy (non-hydrogen) atoms. The molecule has 168 valence electrons. The number of rotatable bonds is 7. The summed E-state index contributed by atoms with van der Waals surface area (Å²) in [5.74, 6) is 0.838. The molecule has 1 amide bonds. The number of aromatic nitrogens is 1. The van der Waals surface area contributed by atoms with Crippen molar-refractivity contribution in [2.75, 3.05) is 31.4 Å². The molecule has 2 aromatic carbocycles. The van der Waals surface area contributed by atoms with Gasteiger partial charge in [-0.05, 0) is 37.3 Å². The second-order valence-corrected chi connectivity index (χ2v) is 8.67. The summed E-state index contributed by atoms with van der Waals surface area (Å²) in [5, 5.41) is 7.97. The first-order valence-corrected chi connectivity index (χ1v) is 11.3. The van der Waals surface area contributed by atoms with Crippen molar-refractivity contribution in [1.82, 2.24) is 10.3 Å². The number of ether oxygens (including phenoxy) is 1. The molecule has 0 aliphatic heterocycles. The van der Waals surface area contributed by atoms with E-state index in [-0.39, 0.29) is 11.9 Å². The van der Waals surface area contributed by atoms with Crippen LogP contribution in [0.3, 0.4) is 0 Å². The number of nitrogens with zero attached hydrogens (tertiary/aromatic N) is 2. The summed E-state index contributed by atoms with van der Waals surface area (Å²) in [4.78, 5) is 19.7.